The average molecular weight is 213 g/mol. The molecule has 0 bridgehead atoms. The molecular formula is C9H15N3O3. The third kappa shape index (κ3) is 2.79. The lowest BCUT2D eigenvalue weighted by atomic mass is 10.0. The van der Waals surface area contributed by atoms with Crippen molar-refractivity contribution < 1.29 is 15.3 Å². The summed E-state index contributed by atoms with van der Waals surface area (Å²) in [5.74, 6) is 0. The molecule has 0 aliphatic heterocycles. The summed E-state index contributed by atoms with van der Waals surface area (Å²) in [7, 11) is 0. The molecule has 0 spiro atoms. The van der Waals surface area contributed by atoms with Crippen LogP contribution in [0.5, 0.6) is 0 Å². The number of nitrogens with two attached hydrogens (primary N) is 1. The van der Waals surface area contributed by atoms with E-state index in [9.17, 15) is 0 Å². The van der Waals surface area contributed by atoms with Crippen molar-refractivity contribution in [1.29, 1.82) is 0 Å². The number of nitrogens with one attached hydrogen (secondary N) is 1. The van der Waals surface area contributed by atoms with Crippen molar-refractivity contribution in [3.05, 3.63) is 18.5 Å². The minimum Gasteiger partial charge on any atom is -0.397 e. The number of aliphatic hydroxyl groups excluding tert-OH is 3. The molecule has 6 N–H and O–H groups in total. The molecule has 0 amide bonds. The fraction of sp³-hybridized carbons (Fsp3) is 0.444. The van der Waals surface area contributed by atoms with Crippen LogP contribution in [0.15, 0.2) is 18.5 Å². The van der Waals surface area contributed by atoms with Gasteiger partial charge in [0.2, 0.25) is 0 Å². The second-order valence-electron chi connectivity index (χ2n) is 3.39. The Morgan fingerprint density at radius 3 is 2.27 bits per heavy atom. The number of pyridine rings is 1. The Kier molecular flexibility index (Phi) is 3.84. The van der Waals surface area contributed by atoms with Crippen molar-refractivity contribution in [2.45, 2.75) is 5.54 Å². The van der Waals surface area contributed by atoms with Crippen LogP contribution >= 0.6 is 0 Å². The summed E-state index contributed by atoms with van der Waals surface area (Å²) in [5, 5.41) is 30.0. The van der Waals surface area contributed by atoms with Gasteiger partial charge in [-0.2, -0.15) is 0 Å². The van der Waals surface area contributed by atoms with E-state index in [4.69, 9.17) is 21.1 Å². The van der Waals surface area contributed by atoms with Gasteiger partial charge in [0.15, 0.2) is 0 Å². The lowest BCUT2D eigenvalue weighted by molar-refractivity contribution is 0.0833. The SMILES string of the molecule is Nc1cncc(NC(CO)(CO)CO)c1. The Hall–Kier alpha value is -1.37. The van der Waals surface area contributed by atoms with Gasteiger partial charge in [0.05, 0.1) is 37.4 Å². The lowest BCUT2D eigenvalue weighted by Crippen LogP contribution is -2.49. The van der Waals surface area contributed by atoms with E-state index in [1.165, 1.54) is 12.4 Å². The highest BCUT2D eigenvalue weighted by Crippen LogP contribution is 2.16. The minimum atomic E-state index is -1.16. The molecule has 0 aromatic carbocycles. The lowest BCUT2D eigenvalue weighted by Gasteiger charge is -2.29. The number of hydrogen-bond acceptors (Lipinski definition) is 6. The maximum absolute atomic E-state index is 9.07. The first-order chi connectivity index (χ1) is 7.15. The standard InChI is InChI=1S/C9H15N3O3/c10-7-1-8(3-11-2-7)12-9(4-13,5-14)6-15/h1-3,12-15H,4-6,10H2. The first-order valence-electron chi connectivity index (χ1n) is 4.47. The number of hydrogen-bond donors (Lipinski definition) is 5. The highest BCUT2D eigenvalue weighted by atomic mass is 16.3. The van der Waals surface area contributed by atoms with Gasteiger partial charge in [-0.3, -0.25) is 4.98 Å². The van der Waals surface area contributed by atoms with Gasteiger partial charge in [-0.25, -0.2) is 0 Å². The van der Waals surface area contributed by atoms with Crippen LogP contribution in [0.25, 0.3) is 0 Å². The monoisotopic (exact) mass is 213 g/mol. The summed E-state index contributed by atoms with van der Waals surface area (Å²) in [5.41, 5.74) is 5.35. The summed E-state index contributed by atoms with van der Waals surface area (Å²) in [6.07, 6.45) is 2.97. The van der Waals surface area contributed by atoms with Crippen molar-refractivity contribution >= 4 is 11.4 Å². The van der Waals surface area contributed by atoms with Crippen LogP contribution in [-0.4, -0.2) is 45.7 Å². The molecule has 15 heavy (non-hydrogen) atoms. The van der Waals surface area contributed by atoms with Crippen molar-refractivity contribution in [3.8, 4) is 0 Å². The quantitative estimate of drug-likeness (QED) is 0.419. The number of anilines is 2. The van der Waals surface area contributed by atoms with E-state index in [-0.39, 0.29) is 0 Å². The van der Waals surface area contributed by atoms with Crippen molar-refractivity contribution in [3.63, 3.8) is 0 Å². The first kappa shape index (κ1) is 11.7. The first-order valence-corrected chi connectivity index (χ1v) is 4.47. The molecular weight excluding hydrogens is 198 g/mol. The molecule has 6 heteroatoms. The molecule has 1 aromatic rings. The fourth-order valence-electron chi connectivity index (χ4n) is 1.10. The van der Waals surface area contributed by atoms with Gasteiger partial charge < -0.3 is 26.4 Å². The number of nitrogens with zero attached hydrogens (tertiary/aromatic N) is 1. The predicted octanol–water partition coefficient (Wildman–Crippen LogP) is -1.21. The molecule has 0 atom stereocenters. The zero-order valence-corrected chi connectivity index (χ0v) is 8.22. The van der Waals surface area contributed by atoms with Crippen LogP contribution in [0.1, 0.15) is 0 Å². The maximum Gasteiger partial charge on any atom is 0.107 e. The normalized spacial score (nSPS) is 11.4. The Morgan fingerprint density at radius 2 is 1.80 bits per heavy atom. The molecule has 0 aliphatic rings. The zero-order valence-electron chi connectivity index (χ0n) is 8.22. The van der Waals surface area contributed by atoms with Crippen molar-refractivity contribution in [1.82, 2.24) is 4.98 Å². The Morgan fingerprint density at radius 1 is 1.20 bits per heavy atom. The van der Waals surface area contributed by atoms with Gasteiger partial charge in [-0.15, -0.1) is 0 Å². The Bertz CT molecular complexity index is 307. The molecule has 0 fully saturated rings. The molecule has 0 radical (unpaired) electrons. The molecule has 0 saturated carbocycles. The topological polar surface area (TPSA) is 112 Å². The van der Waals surface area contributed by atoms with Crippen LogP contribution in [0, 0.1) is 0 Å². The Labute approximate surface area is 87.4 Å². The van der Waals surface area contributed by atoms with E-state index in [0.29, 0.717) is 11.4 Å². The van der Waals surface area contributed by atoms with E-state index in [2.05, 4.69) is 10.3 Å². The van der Waals surface area contributed by atoms with E-state index in [1.807, 2.05) is 0 Å². The largest absolute Gasteiger partial charge is 0.397 e. The van der Waals surface area contributed by atoms with Gasteiger partial charge in [-0.05, 0) is 6.07 Å². The van der Waals surface area contributed by atoms with Crippen LogP contribution < -0.4 is 11.1 Å². The van der Waals surface area contributed by atoms with Crippen molar-refractivity contribution in [2.24, 2.45) is 0 Å². The third-order valence-corrected chi connectivity index (χ3v) is 2.08. The number of aliphatic hydroxyl groups is 3. The second-order valence-corrected chi connectivity index (χ2v) is 3.39. The molecule has 84 valence electrons. The van der Waals surface area contributed by atoms with Crippen molar-refractivity contribution in [2.75, 3.05) is 30.9 Å². The average Bonchev–Trinajstić information content (AvgIpc) is 2.26. The molecule has 0 unspecified atom stereocenters. The summed E-state index contributed by atoms with van der Waals surface area (Å²) >= 11 is 0. The summed E-state index contributed by atoms with van der Waals surface area (Å²) in [6, 6.07) is 1.60. The molecule has 1 aromatic heterocycles. The summed E-state index contributed by atoms with van der Waals surface area (Å²) < 4.78 is 0. The molecule has 6 nitrogen and oxygen atoms in total. The van der Waals surface area contributed by atoms with Gasteiger partial charge >= 0.3 is 0 Å². The Balaban J connectivity index is 2.82. The van der Waals surface area contributed by atoms with Crippen LogP contribution in [0.4, 0.5) is 11.4 Å². The summed E-state index contributed by atoms with van der Waals surface area (Å²) in [4.78, 5) is 3.84. The highest BCUT2D eigenvalue weighted by molar-refractivity contribution is 5.52. The summed E-state index contributed by atoms with van der Waals surface area (Å²) in [6.45, 7) is -1.18. The van der Waals surface area contributed by atoms with E-state index >= 15 is 0 Å². The van der Waals surface area contributed by atoms with Gasteiger partial charge in [0.25, 0.3) is 0 Å². The van der Waals surface area contributed by atoms with E-state index in [0.717, 1.165) is 0 Å². The molecule has 1 rings (SSSR count). The minimum absolute atomic E-state index is 0.394. The van der Waals surface area contributed by atoms with Gasteiger partial charge in [-0.1, -0.05) is 0 Å². The highest BCUT2D eigenvalue weighted by Gasteiger charge is 2.27. The molecule has 0 aliphatic carbocycles. The second kappa shape index (κ2) is 4.92. The third-order valence-electron chi connectivity index (χ3n) is 2.08. The van der Waals surface area contributed by atoms with Crippen LogP contribution in [-0.2, 0) is 0 Å². The van der Waals surface area contributed by atoms with Crippen LogP contribution in [0.2, 0.25) is 0 Å². The molecule has 0 saturated heterocycles. The smallest absolute Gasteiger partial charge is 0.107 e. The van der Waals surface area contributed by atoms with Gasteiger partial charge in [0.1, 0.15) is 5.54 Å². The zero-order chi connectivity index (χ0) is 11.3. The predicted molar refractivity (Wildman–Crippen MR) is 56.3 cm³/mol. The fourth-order valence-corrected chi connectivity index (χ4v) is 1.10. The number of nitrogen functional groups attached to an aromatic ring is 1. The number of rotatable bonds is 5. The number of aromatic nitrogens is 1. The van der Waals surface area contributed by atoms with Gasteiger partial charge in [0, 0.05) is 6.20 Å². The van der Waals surface area contributed by atoms with Crippen LogP contribution in [0.3, 0.4) is 0 Å². The maximum atomic E-state index is 9.07. The van der Waals surface area contributed by atoms with E-state index < -0.39 is 25.4 Å². The molecule has 1 heterocycles. The van der Waals surface area contributed by atoms with E-state index in [1.54, 1.807) is 6.07 Å².